The summed E-state index contributed by atoms with van der Waals surface area (Å²) >= 11 is 0. The summed E-state index contributed by atoms with van der Waals surface area (Å²) in [6.45, 7) is 4.26. The van der Waals surface area contributed by atoms with Crippen molar-refractivity contribution in [3.05, 3.63) is 78.4 Å². The van der Waals surface area contributed by atoms with Gasteiger partial charge in [-0.2, -0.15) is 0 Å². The fraction of sp³-hybridized carbons (Fsp3) is 0.208. The Morgan fingerprint density at radius 2 is 1.84 bits per heavy atom. The van der Waals surface area contributed by atoms with Crippen molar-refractivity contribution in [2.45, 2.75) is 6.54 Å². The normalized spacial score (nSPS) is 14.4. The summed E-state index contributed by atoms with van der Waals surface area (Å²) in [6.07, 6.45) is 6.69. The monoisotopic (exact) mass is 426 g/mol. The highest BCUT2D eigenvalue weighted by Gasteiger charge is 2.12. The number of carbonyl (C=O) groups excluding carboxylic acids is 1. The fourth-order valence-electron chi connectivity index (χ4n) is 3.64. The first-order valence-corrected chi connectivity index (χ1v) is 10.5. The SMILES string of the molecule is O=C(Nc1ncc2ccc(-c3cnccn3)cc2n1)c1ccc(CN2CCOCC2)cc1. The predicted molar refractivity (Wildman–Crippen MR) is 121 cm³/mol. The van der Waals surface area contributed by atoms with Crippen molar-refractivity contribution in [2.24, 2.45) is 0 Å². The van der Waals surface area contributed by atoms with Gasteiger partial charge in [0.2, 0.25) is 5.95 Å². The molecule has 0 bridgehead atoms. The van der Waals surface area contributed by atoms with E-state index in [4.69, 9.17) is 4.74 Å². The molecular weight excluding hydrogens is 404 g/mol. The van der Waals surface area contributed by atoms with E-state index in [0.717, 1.165) is 55.0 Å². The molecule has 1 fully saturated rings. The summed E-state index contributed by atoms with van der Waals surface area (Å²) in [5.41, 5.74) is 4.11. The number of benzene rings is 2. The van der Waals surface area contributed by atoms with E-state index in [9.17, 15) is 4.79 Å². The molecule has 1 saturated heterocycles. The first-order chi connectivity index (χ1) is 15.7. The van der Waals surface area contributed by atoms with Gasteiger partial charge in [0.1, 0.15) is 0 Å². The molecule has 3 heterocycles. The van der Waals surface area contributed by atoms with Crippen LogP contribution in [0.4, 0.5) is 5.95 Å². The summed E-state index contributed by atoms with van der Waals surface area (Å²) in [7, 11) is 0. The number of anilines is 1. The van der Waals surface area contributed by atoms with Crippen LogP contribution in [-0.4, -0.2) is 57.0 Å². The average molecular weight is 426 g/mol. The molecule has 0 aliphatic carbocycles. The number of hydrogen-bond donors (Lipinski definition) is 1. The Hall–Kier alpha value is -3.75. The van der Waals surface area contributed by atoms with Gasteiger partial charge in [-0.15, -0.1) is 0 Å². The maximum absolute atomic E-state index is 12.7. The molecule has 1 aliphatic rings. The van der Waals surface area contributed by atoms with E-state index in [2.05, 4.69) is 30.2 Å². The van der Waals surface area contributed by atoms with E-state index >= 15 is 0 Å². The van der Waals surface area contributed by atoms with Gasteiger partial charge in [0.25, 0.3) is 5.91 Å². The topological polar surface area (TPSA) is 93.1 Å². The molecule has 32 heavy (non-hydrogen) atoms. The van der Waals surface area contributed by atoms with E-state index in [-0.39, 0.29) is 11.9 Å². The van der Waals surface area contributed by atoms with Gasteiger partial charge >= 0.3 is 0 Å². The molecule has 0 spiro atoms. The number of nitrogens with one attached hydrogen (secondary N) is 1. The molecule has 2 aromatic carbocycles. The summed E-state index contributed by atoms with van der Waals surface area (Å²) in [4.78, 5) is 32.3. The molecule has 0 unspecified atom stereocenters. The highest BCUT2D eigenvalue weighted by Crippen LogP contribution is 2.22. The lowest BCUT2D eigenvalue weighted by atomic mass is 10.1. The van der Waals surface area contributed by atoms with Crippen LogP contribution in [0.5, 0.6) is 0 Å². The van der Waals surface area contributed by atoms with Crippen molar-refractivity contribution >= 4 is 22.8 Å². The molecule has 5 rings (SSSR count). The lowest BCUT2D eigenvalue weighted by Gasteiger charge is -2.26. The number of carbonyl (C=O) groups is 1. The third-order valence-corrected chi connectivity index (χ3v) is 5.39. The third-order valence-electron chi connectivity index (χ3n) is 5.39. The number of ether oxygens (including phenoxy) is 1. The van der Waals surface area contributed by atoms with Crippen molar-refractivity contribution in [1.29, 1.82) is 0 Å². The molecule has 1 aliphatic heterocycles. The smallest absolute Gasteiger partial charge is 0.258 e. The minimum Gasteiger partial charge on any atom is -0.379 e. The van der Waals surface area contributed by atoms with Crippen LogP contribution in [0.3, 0.4) is 0 Å². The molecule has 160 valence electrons. The summed E-state index contributed by atoms with van der Waals surface area (Å²) in [6, 6.07) is 13.4. The number of aromatic nitrogens is 4. The predicted octanol–water partition coefficient (Wildman–Crippen LogP) is 3.17. The van der Waals surface area contributed by atoms with Crippen LogP contribution in [0, 0.1) is 0 Å². The van der Waals surface area contributed by atoms with E-state index in [1.54, 1.807) is 24.8 Å². The molecule has 0 atom stereocenters. The summed E-state index contributed by atoms with van der Waals surface area (Å²) in [5.74, 6) is 0.0172. The Labute approximate surface area is 185 Å². The Bertz CT molecular complexity index is 1220. The van der Waals surface area contributed by atoms with Crippen molar-refractivity contribution in [3.63, 3.8) is 0 Å². The molecular formula is C24H22N6O2. The maximum Gasteiger partial charge on any atom is 0.258 e. The zero-order valence-electron chi connectivity index (χ0n) is 17.4. The molecule has 8 heteroatoms. The minimum absolute atomic E-state index is 0.243. The van der Waals surface area contributed by atoms with Crippen molar-refractivity contribution in [3.8, 4) is 11.3 Å². The number of morpholine rings is 1. The highest BCUT2D eigenvalue weighted by atomic mass is 16.5. The van der Waals surface area contributed by atoms with E-state index in [1.165, 1.54) is 5.56 Å². The standard InChI is InChI=1S/C24H22N6O2/c31-23(18-3-1-17(2-4-18)16-30-9-11-32-12-10-30)29-24-27-14-20-6-5-19(13-21(20)28-24)22-15-25-7-8-26-22/h1-8,13-15H,9-12,16H2,(H,27,28,29,31). The minimum atomic E-state index is -0.243. The lowest BCUT2D eigenvalue weighted by molar-refractivity contribution is 0.0342. The molecule has 1 amide bonds. The molecule has 0 radical (unpaired) electrons. The molecule has 0 saturated carbocycles. The van der Waals surface area contributed by atoms with Gasteiger partial charge in [-0.25, -0.2) is 9.97 Å². The second-order valence-corrected chi connectivity index (χ2v) is 7.60. The van der Waals surface area contributed by atoms with Crippen LogP contribution in [0.15, 0.2) is 67.3 Å². The van der Waals surface area contributed by atoms with Gasteiger partial charge in [-0.3, -0.25) is 25.0 Å². The second kappa shape index (κ2) is 9.17. The van der Waals surface area contributed by atoms with Gasteiger partial charge in [0.15, 0.2) is 0 Å². The molecule has 8 nitrogen and oxygen atoms in total. The Morgan fingerprint density at radius 3 is 2.62 bits per heavy atom. The number of rotatable bonds is 5. The average Bonchev–Trinajstić information content (AvgIpc) is 2.85. The van der Waals surface area contributed by atoms with Crippen LogP contribution in [0.25, 0.3) is 22.2 Å². The quantitative estimate of drug-likeness (QED) is 0.524. The number of fused-ring (bicyclic) bond motifs is 1. The first kappa shape index (κ1) is 20.2. The lowest BCUT2D eigenvalue weighted by Crippen LogP contribution is -2.35. The van der Waals surface area contributed by atoms with Gasteiger partial charge < -0.3 is 4.74 Å². The third kappa shape index (κ3) is 4.61. The van der Waals surface area contributed by atoms with Gasteiger partial charge in [0.05, 0.1) is 30.6 Å². The Balaban J connectivity index is 1.29. The maximum atomic E-state index is 12.7. The zero-order valence-corrected chi connectivity index (χ0v) is 17.4. The second-order valence-electron chi connectivity index (χ2n) is 7.60. The van der Waals surface area contributed by atoms with Crippen LogP contribution in [-0.2, 0) is 11.3 Å². The number of nitrogens with zero attached hydrogens (tertiary/aromatic N) is 5. The summed E-state index contributed by atoms with van der Waals surface area (Å²) < 4.78 is 5.39. The summed E-state index contributed by atoms with van der Waals surface area (Å²) in [5, 5.41) is 3.67. The first-order valence-electron chi connectivity index (χ1n) is 10.5. The van der Waals surface area contributed by atoms with Crippen LogP contribution in [0.1, 0.15) is 15.9 Å². The zero-order chi connectivity index (χ0) is 21.8. The Morgan fingerprint density at radius 1 is 1.00 bits per heavy atom. The van der Waals surface area contributed by atoms with Gasteiger partial charge in [-0.1, -0.05) is 24.3 Å². The van der Waals surface area contributed by atoms with Crippen molar-refractivity contribution in [2.75, 3.05) is 31.6 Å². The van der Waals surface area contributed by atoms with E-state index in [0.29, 0.717) is 5.56 Å². The number of hydrogen-bond acceptors (Lipinski definition) is 7. The van der Waals surface area contributed by atoms with Crippen LogP contribution in [0.2, 0.25) is 0 Å². The van der Waals surface area contributed by atoms with Crippen LogP contribution < -0.4 is 5.32 Å². The largest absolute Gasteiger partial charge is 0.379 e. The fourth-order valence-corrected chi connectivity index (χ4v) is 3.64. The number of amides is 1. The van der Waals surface area contributed by atoms with E-state index < -0.39 is 0 Å². The highest BCUT2D eigenvalue weighted by molar-refractivity contribution is 6.03. The van der Waals surface area contributed by atoms with Gasteiger partial charge in [-0.05, 0) is 23.8 Å². The molecule has 1 N–H and O–H groups in total. The Kier molecular flexibility index (Phi) is 5.78. The van der Waals surface area contributed by atoms with Crippen molar-refractivity contribution < 1.29 is 9.53 Å². The molecule has 2 aromatic heterocycles. The van der Waals surface area contributed by atoms with Gasteiger partial charge in [0, 0.05) is 54.7 Å². The van der Waals surface area contributed by atoms with Crippen molar-refractivity contribution in [1.82, 2.24) is 24.8 Å². The van der Waals surface area contributed by atoms with Crippen LogP contribution >= 0.6 is 0 Å². The molecule has 4 aromatic rings. The van der Waals surface area contributed by atoms with E-state index in [1.807, 2.05) is 42.5 Å².